The number of ether oxygens (including phenoxy) is 1. The smallest absolute Gasteiger partial charge is 0.251 e. The molecule has 2 aliphatic rings. The highest BCUT2D eigenvalue weighted by Crippen LogP contribution is 2.32. The quantitative estimate of drug-likeness (QED) is 0.368. The molecule has 4 aromatic rings. The van der Waals surface area contributed by atoms with Gasteiger partial charge in [0.2, 0.25) is 0 Å². The molecule has 10 nitrogen and oxygen atoms in total. The molecule has 0 radical (unpaired) electrons. The topological polar surface area (TPSA) is 135 Å². The Bertz CT molecular complexity index is 1730. The number of benzene rings is 1. The number of fused-ring (bicyclic) bond motifs is 2. The number of aromatic nitrogens is 3. The lowest BCUT2D eigenvalue weighted by Crippen LogP contribution is -2.45. The molecule has 212 valence electrons. The summed E-state index contributed by atoms with van der Waals surface area (Å²) in [7, 11) is -3.54. The number of pyridine rings is 3. The summed E-state index contributed by atoms with van der Waals surface area (Å²) in [5.41, 5.74) is 3.35. The van der Waals surface area contributed by atoms with E-state index in [0.717, 1.165) is 41.2 Å². The molecule has 2 N–H and O–H groups in total. The van der Waals surface area contributed by atoms with Crippen molar-refractivity contribution in [2.75, 3.05) is 23.7 Å². The number of anilines is 1. The molecule has 2 aliphatic heterocycles. The molecule has 0 spiro atoms. The van der Waals surface area contributed by atoms with Gasteiger partial charge in [0.25, 0.3) is 5.91 Å². The lowest BCUT2D eigenvalue weighted by atomic mass is 10.0. The summed E-state index contributed by atoms with van der Waals surface area (Å²) in [6.07, 6.45) is 1.26. The third-order valence-electron chi connectivity index (χ3n) is 7.43. The number of aliphatic hydroxyl groups is 1. The maximum absolute atomic E-state index is 12.9. The van der Waals surface area contributed by atoms with Gasteiger partial charge in [0.15, 0.2) is 9.84 Å². The Labute approximate surface area is 238 Å². The number of hydrogen-bond donors (Lipinski definition) is 2. The number of sulfone groups is 1. The first kappa shape index (κ1) is 27.3. The summed E-state index contributed by atoms with van der Waals surface area (Å²) in [5, 5.41) is 13.8. The summed E-state index contributed by atoms with van der Waals surface area (Å²) in [6, 6.07) is 16.0. The highest BCUT2D eigenvalue weighted by atomic mass is 32.2. The van der Waals surface area contributed by atoms with Crippen molar-refractivity contribution in [1.29, 1.82) is 0 Å². The van der Waals surface area contributed by atoms with Crippen molar-refractivity contribution in [2.45, 2.75) is 50.0 Å². The first-order valence-electron chi connectivity index (χ1n) is 13.6. The molecule has 11 heteroatoms. The van der Waals surface area contributed by atoms with Gasteiger partial charge in [-0.3, -0.25) is 9.78 Å². The molecule has 0 saturated carbocycles. The molecule has 3 atom stereocenters. The van der Waals surface area contributed by atoms with Gasteiger partial charge in [0.1, 0.15) is 5.82 Å². The maximum Gasteiger partial charge on any atom is 0.251 e. The van der Waals surface area contributed by atoms with Crippen molar-refractivity contribution >= 4 is 32.5 Å². The zero-order valence-electron chi connectivity index (χ0n) is 22.8. The summed E-state index contributed by atoms with van der Waals surface area (Å²) in [4.78, 5) is 29.3. The minimum absolute atomic E-state index is 0.0137. The fraction of sp³-hybridized carbons (Fsp3) is 0.333. The number of rotatable bonds is 5. The van der Waals surface area contributed by atoms with Gasteiger partial charge < -0.3 is 20.1 Å². The number of aliphatic hydroxyl groups excluding tert-OH is 1. The lowest BCUT2D eigenvalue weighted by Gasteiger charge is -2.36. The minimum atomic E-state index is -3.54. The fourth-order valence-corrected chi connectivity index (χ4v) is 7.05. The van der Waals surface area contributed by atoms with Gasteiger partial charge in [-0.1, -0.05) is 12.1 Å². The Hall–Kier alpha value is -3.93. The third-order valence-corrected chi connectivity index (χ3v) is 9.23. The first-order valence-corrected chi connectivity index (χ1v) is 15.3. The fourth-order valence-electron chi connectivity index (χ4n) is 5.43. The van der Waals surface area contributed by atoms with E-state index in [-0.39, 0.29) is 41.4 Å². The van der Waals surface area contributed by atoms with Gasteiger partial charge >= 0.3 is 0 Å². The number of amides is 1. The van der Waals surface area contributed by atoms with Crippen LogP contribution in [0.3, 0.4) is 0 Å². The largest absolute Gasteiger partial charge is 0.388 e. The number of carbonyl (C=O) groups excluding carboxylic acids is 1. The van der Waals surface area contributed by atoms with Crippen LogP contribution in [0.4, 0.5) is 5.82 Å². The molecule has 41 heavy (non-hydrogen) atoms. The molecule has 1 saturated heterocycles. The summed E-state index contributed by atoms with van der Waals surface area (Å²) in [5.74, 6) is 0.307. The van der Waals surface area contributed by atoms with Crippen molar-refractivity contribution in [2.24, 2.45) is 0 Å². The van der Waals surface area contributed by atoms with Gasteiger partial charge in [-0.25, -0.2) is 18.4 Å². The summed E-state index contributed by atoms with van der Waals surface area (Å²) in [6.45, 7) is 5.81. The molecule has 3 aromatic heterocycles. The Balaban J connectivity index is 1.20. The predicted molar refractivity (Wildman–Crippen MR) is 154 cm³/mol. The van der Waals surface area contributed by atoms with Crippen LogP contribution in [-0.4, -0.2) is 65.4 Å². The Morgan fingerprint density at radius 1 is 1.05 bits per heavy atom. The van der Waals surface area contributed by atoms with E-state index in [1.807, 2.05) is 36.4 Å². The van der Waals surface area contributed by atoms with Crippen LogP contribution >= 0.6 is 0 Å². The van der Waals surface area contributed by atoms with Gasteiger partial charge in [0.05, 0.1) is 58.1 Å². The molecule has 6 rings (SSSR count). The second-order valence-electron chi connectivity index (χ2n) is 10.7. The zero-order valence-corrected chi connectivity index (χ0v) is 23.6. The van der Waals surface area contributed by atoms with E-state index < -0.39 is 21.8 Å². The molecule has 1 fully saturated rings. The number of nitrogens with one attached hydrogen (secondary N) is 1. The first-order chi connectivity index (χ1) is 19.7. The average Bonchev–Trinajstić information content (AvgIpc) is 2.97. The summed E-state index contributed by atoms with van der Waals surface area (Å²) < 4.78 is 30.8. The van der Waals surface area contributed by atoms with E-state index in [0.29, 0.717) is 11.3 Å². The van der Waals surface area contributed by atoms with E-state index in [2.05, 4.69) is 29.0 Å². The van der Waals surface area contributed by atoms with E-state index in [4.69, 9.17) is 14.7 Å². The molecular weight excluding hydrogens is 542 g/mol. The predicted octanol–water partition coefficient (Wildman–Crippen LogP) is 3.45. The lowest BCUT2D eigenvalue weighted by molar-refractivity contribution is -0.00545. The van der Waals surface area contributed by atoms with Crippen molar-refractivity contribution in [3.05, 3.63) is 77.6 Å². The number of hydrogen-bond acceptors (Lipinski definition) is 9. The Morgan fingerprint density at radius 3 is 2.63 bits per heavy atom. The van der Waals surface area contributed by atoms with Crippen LogP contribution in [0, 0.1) is 0 Å². The van der Waals surface area contributed by atoms with Gasteiger partial charge in [-0.2, -0.15) is 0 Å². The third kappa shape index (κ3) is 5.65. The summed E-state index contributed by atoms with van der Waals surface area (Å²) >= 11 is 0. The molecule has 5 heterocycles. The van der Waals surface area contributed by atoms with Crippen molar-refractivity contribution < 1.29 is 23.1 Å². The van der Waals surface area contributed by atoms with E-state index in [1.165, 1.54) is 18.2 Å². The van der Waals surface area contributed by atoms with Crippen LogP contribution < -0.4 is 10.2 Å². The normalized spacial score (nSPS) is 21.8. The standard InChI is InChI=1S/C30H31N5O5S/c1-18-16-35(17-19(2)40-18)29-5-3-4-24(34-29)25-9-7-21-14-31-22(13-26(21)33-25)15-32-30(37)20-6-8-23-27(36)10-11-41(38,39)28(23)12-20/h3-9,12-14,18-19,27,36H,10-11,15-17H2,1-2H3,(H,32,37)/t18-,19+,27?. The second-order valence-corrected chi connectivity index (χ2v) is 12.7. The van der Waals surface area contributed by atoms with Crippen LogP contribution in [0.1, 0.15) is 48.0 Å². The van der Waals surface area contributed by atoms with Gasteiger partial charge in [0, 0.05) is 30.2 Å². The molecular formula is C30H31N5O5S. The zero-order chi connectivity index (χ0) is 28.7. The average molecular weight is 574 g/mol. The number of carbonyl (C=O) groups is 1. The monoisotopic (exact) mass is 573 g/mol. The van der Waals surface area contributed by atoms with E-state index in [1.54, 1.807) is 6.20 Å². The van der Waals surface area contributed by atoms with Crippen molar-refractivity contribution in [3.63, 3.8) is 0 Å². The second kappa shape index (κ2) is 10.8. The number of morpholine rings is 1. The van der Waals surface area contributed by atoms with E-state index in [9.17, 15) is 18.3 Å². The highest BCUT2D eigenvalue weighted by molar-refractivity contribution is 7.91. The Kier molecular flexibility index (Phi) is 7.18. The van der Waals surface area contributed by atoms with Crippen LogP contribution in [0.15, 0.2) is 65.7 Å². The van der Waals surface area contributed by atoms with Crippen LogP contribution in [0.2, 0.25) is 0 Å². The molecule has 1 unspecified atom stereocenters. The molecule has 1 aromatic carbocycles. The van der Waals surface area contributed by atoms with Crippen molar-refractivity contribution in [3.8, 4) is 11.4 Å². The van der Waals surface area contributed by atoms with Crippen LogP contribution in [-0.2, 0) is 21.1 Å². The Morgan fingerprint density at radius 2 is 1.83 bits per heavy atom. The SMILES string of the molecule is C[C@@H]1CN(c2cccc(-c3ccc4cnc(CNC(=O)c5ccc6c(c5)S(=O)(=O)CCC6O)cc4n3)n2)C[C@H](C)O1. The number of nitrogens with zero attached hydrogens (tertiary/aromatic N) is 4. The highest BCUT2D eigenvalue weighted by Gasteiger charge is 2.30. The molecule has 0 bridgehead atoms. The minimum Gasteiger partial charge on any atom is -0.388 e. The van der Waals surface area contributed by atoms with Crippen LogP contribution in [0.5, 0.6) is 0 Å². The van der Waals surface area contributed by atoms with Gasteiger partial charge in [-0.15, -0.1) is 0 Å². The molecule has 1 amide bonds. The van der Waals surface area contributed by atoms with Crippen molar-refractivity contribution in [1.82, 2.24) is 20.3 Å². The van der Waals surface area contributed by atoms with Crippen LogP contribution in [0.25, 0.3) is 22.3 Å². The maximum atomic E-state index is 12.9. The van der Waals surface area contributed by atoms with E-state index >= 15 is 0 Å². The van der Waals surface area contributed by atoms with Gasteiger partial charge in [-0.05, 0) is 68.3 Å². The molecule has 0 aliphatic carbocycles.